The van der Waals surface area contributed by atoms with Crippen LogP contribution in [-0.4, -0.2) is 36.9 Å². The Labute approximate surface area is 259 Å². The zero-order chi connectivity index (χ0) is 29.1. The van der Waals surface area contributed by atoms with Crippen LogP contribution in [0, 0.1) is 11.8 Å². The maximum absolute atomic E-state index is 14.4. The molecule has 0 aromatic heterocycles. The average Bonchev–Trinajstić information content (AvgIpc) is 3.54. The van der Waals surface area contributed by atoms with Crippen molar-refractivity contribution in [1.82, 2.24) is 5.32 Å². The van der Waals surface area contributed by atoms with Crippen LogP contribution in [0.5, 0.6) is 5.75 Å². The third kappa shape index (κ3) is 4.74. The van der Waals surface area contributed by atoms with E-state index in [-0.39, 0.29) is 30.3 Å². The fourth-order valence-electron chi connectivity index (χ4n) is 7.61. The minimum absolute atomic E-state index is 0.0805. The molecule has 2 aromatic carbocycles. The first-order valence-electron chi connectivity index (χ1n) is 14.5. The Kier molecular flexibility index (Phi) is 7.30. The lowest BCUT2D eigenvalue weighted by Crippen LogP contribution is -2.59. The molecule has 5 aliphatic rings. The summed E-state index contributed by atoms with van der Waals surface area (Å²) in [6.07, 6.45) is 9.42. The molecule has 3 fully saturated rings. The summed E-state index contributed by atoms with van der Waals surface area (Å²) in [6, 6.07) is 10.1. The van der Waals surface area contributed by atoms with Crippen LogP contribution in [-0.2, 0) is 24.5 Å². The molecule has 0 bridgehead atoms. The van der Waals surface area contributed by atoms with Gasteiger partial charge in [0.05, 0.1) is 25.4 Å². The van der Waals surface area contributed by atoms with Crippen LogP contribution in [0.3, 0.4) is 0 Å². The van der Waals surface area contributed by atoms with Gasteiger partial charge in [0.2, 0.25) is 11.8 Å². The second-order valence-electron chi connectivity index (χ2n) is 11.8. The molecule has 3 heterocycles. The maximum atomic E-state index is 14.4. The number of anilines is 1. The van der Waals surface area contributed by atoms with Crippen molar-refractivity contribution in [3.8, 4) is 5.75 Å². The van der Waals surface area contributed by atoms with Crippen molar-refractivity contribution >= 4 is 52.3 Å². The van der Waals surface area contributed by atoms with Crippen LogP contribution in [0.2, 0.25) is 10.0 Å². The number of allylic oxidation sites excluding steroid dienone is 4. The lowest BCUT2D eigenvalue weighted by Gasteiger charge is -2.49. The molecule has 220 valence electrons. The van der Waals surface area contributed by atoms with Gasteiger partial charge in [0.25, 0.3) is 0 Å². The molecule has 2 aliphatic carbocycles. The standard InChI is InChI=1S/C32H31Cl3N2O5/c33-19-3-1-2-18(14-19)25-17-28(38)37-29(32(25)24-6-4-21(35)16-26(24)36-30(32)39)23-15-20(34)5-7-27(23)42-22-8-10-31(11-9-22)40-12-13-41-31/h1-7,15-16,18,22,25,29H,8-14,17H2,(H,36,39)(H,37,38)/t18?,25-,29+,32-/m0/s1. The molecule has 2 spiro atoms. The number of benzene rings is 2. The molecule has 2 N–H and O–H groups in total. The lowest BCUT2D eigenvalue weighted by atomic mass is 9.57. The van der Waals surface area contributed by atoms with E-state index in [0.29, 0.717) is 51.7 Å². The molecule has 2 amide bonds. The van der Waals surface area contributed by atoms with Gasteiger partial charge in [-0.3, -0.25) is 9.59 Å². The normalized spacial score (nSPS) is 30.3. The fourth-order valence-corrected chi connectivity index (χ4v) is 8.21. The number of halogens is 3. The van der Waals surface area contributed by atoms with Gasteiger partial charge >= 0.3 is 0 Å². The zero-order valence-electron chi connectivity index (χ0n) is 22.8. The number of hydrogen-bond acceptors (Lipinski definition) is 5. The lowest BCUT2D eigenvalue weighted by molar-refractivity contribution is -0.186. The Hall–Kier alpha value is -2.55. The molecule has 10 heteroatoms. The van der Waals surface area contributed by atoms with Crippen molar-refractivity contribution in [2.45, 2.75) is 61.9 Å². The van der Waals surface area contributed by atoms with Gasteiger partial charge in [-0.25, -0.2) is 0 Å². The number of hydrogen-bond donors (Lipinski definition) is 2. The number of carbonyl (C=O) groups excluding carboxylic acids is 2. The largest absolute Gasteiger partial charge is 0.490 e. The minimum Gasteiger partial charge on any atom is -0.490 e. The summed E-state index contributed by atoms with van der Waals surface area (Å²) < 4.78 is 18.5. The SMILES string of the molecule is O=C1C[C@@H](C2C=CC=C(Cl)C2)[C@]2(C(=O)Nc3cc(Cl)ccc32)[C@@H](c2cc(Cl)ccc2OC2CCC3(CC2)OCCO3)N1. The Morgan fingerprint density at radius 2 is 1.67 bits per heavy atom. The van der Waals surface area contributed by atoms with Gasteiger partial charge in [-0.2, -0.15) is 0 Å². The summed E-state index contributed by atoms with van der Waals surface area (Å²) in [7, 11) is 0. The van der Waals surface area contributed by atoms with Gasteiger partial charge in [0.1, 0.15) is 11.2 Å². The number of piperidine rings is 1. The fraction of sp³-hybridized carbons (Fsp3) is 0.438. The number of nitrogens with one attached hydrogen (secondary N) is 2. The number of ether oxygens (including phenoxy) is 3. The third-order valence-corrected chi connectivity index (χ3v) is 10.2. The summed E-state index contributed by atoms with van der Waals surface area (Å²) in [5, 5.41) is 7.97. The van der Waals surface area contributed by atoms with Gasteiger partial charge < -0.3 is 24.8 Å². The Morgan fingerprint density at radius 3 is 2.43 bits per heavy atom. The first-order valence-corrected chi connectivity index (χ1v) is 15.6. The molecule has 4 atom stereocenters. The Morgan fingerprint density at radius 1 is 0.929 bits per heavy atom. The zero-order valence-corrected chi connectivity index (χ0v) is 25.1. The maximum Gasteiger partial charge on any atom is 0.237 e. The second kappa shape index (κ2) is 10.9. The van der Waals surface area contributed by atoms with E-state index in [2.05, 4.69) is 16.7 Å². The summed E-state index contributed by atoms with van der Waals surface area (Å²) in [4.78, 5) is 27.9. The highest BCUT2D eigenvalue weighted by atomic mass is 35.5. The molecule has 7 nitrogen and oxygen atoms in total. The van der Waals surface area contributed by atoms with E-state index in [9.17, 15) is 9.59 Å². The van der Waals surface area contributed by atoms with Crippen LogP contribution in [0.1, 0.15) is 55.7 Å². The van der Waals surface area contributed by atoms with Crippen molar-refractivity contribution in [1.29, 1.82) is 0 Å². The summed E-state index contributed by atoms with van der Waals surface area (Å²) in [5.74, 6) is -0.802. The predicted octanol–water partition coefficient (Wildman–Crippen LogP) is 6.82. The van der Waals surface area contributed by atoms with Crippen molar-refractivity contribution in [3.05, 3.63) is 80.8 Å². The van der Waals surface area contributed by atoms with Crippen molar-refractivity contribution < 1.29 is 23.8 Å². The van der Waals surface area contributed by atoms with Gasteiger partial charge in [0, 0.05) is 45.6 Å². The number of carbonyl (C=O) groups is 2. The van der Waals surface area contributed by atoms with Crippen molar-refractivity contribution in [3.63, 3.8) is 0 Å². The summed E-state index contributed by atoms with van der Waals surface area (Å²) in [6.45, 7) is 1.23. The van der Waals surface area contributed by atoms with Gasteiger partial charge in [0.15, 0.2) is 5.79 Å². The summed E-state index contributed by atoms with van der Waals surface area (Å²) >= 11 is 19.5. The molecule has 0 radical (unpaired) electrons. The monoisotopic (exact) mass is 628 g/mol. The molecule has 42 heavy (non-hydrogen) atoms. The van der Waals surface area contributed by atoms with E-state index < -0.39 is 23.2 Å². The molecule has 1 saturated carbocycles. The summed E-state index contributed by atoms with van der Waals surface area (Å²) in [5.41, 5.74) is 0.918. The molecular formula is C32H31Cl3N2O5. The highest BCUT2D eigenvalue weighted by Gasteiger charge is 2.62. The van der Waals surface area contributed by atoms with Crippen LogP contribution in [0.15, 0.2) is 59.7 Å². The molecule has 7 rings (SSSR count). The van der Waals surface area contributed by atoms with E-state index >= 15 is 0 Å². The molecule has 2 saturated heterocycles. The van der Waals surface area contributed by atoms with Crippen LogP contribution in [0.4, 0.5) is 5.69 Å². The van der Waals surface area contributed by atoms with E-state index in [4.69, 9.17) is 49.0 Å². The number of rotatable bonds is 4. The predicted molar refractivity (Wildman–Crippen MR) is 161 cm³/mol. The third-order valence-electron chi connectivity index (χ3n) is 9.47. The number of amides is 2. The van der Waals surface area contributed by atoms with E-state index in [0.717, 1.165) is 31.2 Å². The van der Waals surface area contributed by atoms with E-state index in [1.54, 1.807) is 18.2 Å². The number of fused-ring (bicyclic) bond motifs is 2. The van der Waals surface area contributed by atoms with Gasteiger partial charge in [-0.1, -0.05) is 53.0 Å². The highest BCUT2D eigenvalue weighted by Crippen LogP contribution is 2.58. The van der Waals surface area contributed by atoms with E-state index in [1.807, 2.05) is 30.4 Å². The average molecular weight is 630 g/mol. The highest BCUT2D eigenvalue weighted by molar-refractivity contribution is 6.31. The van der Waals surface area contributed by atoms with E-state index in [1.165, 1.54) is 0 Å². The van der Waals surface area contributed by atoms with Gasteiger partial charge in [-0.05, 0) is 73.1 Å². The smallest absolute Gasteiger partial charge is 0.237 e. The van der Waals surface area contributed by atoms with Crippen LogP contribution >= 0.6 is 34.8 Å². The molecular weight excluding hydrogens is 599 g/mol. The topological polar surface area (TPSA) is 85.9 Å². The quantitative estimate of drug-likeness (QED) is 0.388. The van der Waals surface area contributed by atoms with Crippen molar-refractivity contribution in [2.75, 3.05) is 18.5 Å². The first-order chi connectivity index (χ1) is 20.3. The van der Waals surface area contributed by atoms with Gasteiger partial charge in [-0.15, -0.1) is 0 Å². The van der Waals surface area contributed by atoms with Crippen LogP contribution < -0.4 is 15.4 Å². The van der Waals surface area contributed by atoms with Crippen LogP contribution in [0.25, 0.3) is 0 Å². The Bertz CT molecular complexity index is 1490. The second-order valence-corrected chi connectivity index (χ2v) is 13.2. The molecule has 3 aliphatic heterocycles. The minimum atomic E-state index is -1.16. The molecule has 2 aromatic rings. The van der Waals surface area contributed by atoms with Crippen molar-refractivity contribution in [2.24, 2.45) is 11.8 Å². The molecule has 1 unspecified atom stereocenters. The Balaban J connectivity index is 1.32. The first kappa shape index (κ1) is 28.2.